The molecule has 25 heavy (non-hydrogen) atoms. The third-order valence-electron chi connectivity index (χ3n) is 3.67. The predicted octanol–water partition coefficient (Wildman–Crippen LogP) is 2.63. The highest BCUT2D eigenvalue weighted by molar-refractivity contribution is 5.99. The molecule has 132 valence electrons. The number of carbonyl (C=O) groups excluding carboxylic acids is 2. The van der Waals surface area contributed by atoms with E-state index in [1.165, 1.54) is 19.8 Å². The van der Waals surface area contributed by atoms with Crippen molar-refractivity contribution < 1.29 is 19.1 Å². The van der Waals surface area contributed by atoms with Gasteiger partial charge in [0.1, 0.15) is 11.5 Å². The van der Waals surface area contributed by atoms with Gasteiger partial charge in [-0.3, -0.25) is 9.59 Å². The summed E-state index contributed by atoms with van der Waals surface area (Å²) >= 11 is 0. The van der Waals surface area contributed by atoms with Gasteiger partial charge in [0.05, 0.1) is 20.8 Å². The van der Waals surface area contributed by atoms with E-state index in [9.17, 15) is 9.59 Å². The lowest BCUT2D eigenvalue weighted by molar-refractivity contribution is -0.115. The van der Waals surface area contributed by atoms with Crippen LogP contribution in [0.25, 0.3) is 0 Å². The maximum atomic E-state index is 12.2. The molecule has 0 heterocycles. The highest BCUT2D eigenvalue weighted by atomic mass is 16.5. The minimum absolute atomic E-state index is 0.131. The minimum atomic E-state index is -0.381. The van der Waals surface area contributed by atoms with Crippen LogP contribution in [0.15, 0.2) is 42.5 Å². The van der Waals surface area contributed by atoms with Crippen LogP contribution in [0, 0.1) is 0 Å². The number of rotatable bonds is 7. The summed E-state index contributed by atoms with van der Waals surface area (Å²) in [5, 5.41) is 5.32. The van der Waals surface area contributed by atoms with Crippen LogP contribution in [-0.2, 0) is 11.2 Å². The average Bonchev–Trinajstić information content (AvgIpc) is 2.66. The summed E-state index contributed by atoms with van der Waals surface area (Å²) in [7, 11) is 3.02. The summed E-state index contributed by atoms with van der Waals surface area (Å²) in [5.41, 5.74) is 2.24. The number of carbonyl (C=O) groups is 2. The first-order valence-electron chi connectivity index (χ1n) is 7.95. The summed E-state index contributed by atoms with van der Waals surface area (Å²) in [6.45, 7) is 1.94. The lowest BCUT2D eigenvalue weighted by atomic mass is 10.1. The molecule has 6 heteroatoms. The standard InChI is InChI=1S/C19H22N2O4/c1-4-13-5-7-15(8-6-13)21-18(22)12-20-19(23)14-9-16(24-2)11-17(10-14)25-3/h5-11H,4,12H2,1-3H3,(H,20,23)(H,21,22). The van der Waals surface area contributed by atoms with Gasteiger partial charge in [-0.25, -0.2) is 0 Å². The zero-order valence-corrected chi connectivity index (χ0v) is 14.6. The third-order valence-corrected chi connectivity index (χ3v) is 3.67. The second kappa shape index (κ2) is 8.73. The molecule has 2 aromatic carbocycles. The van der Waals surface area contributed by atoms with Crippen molar-refractivity contribution in [1.82, 2.24) is 5.32 Å². The van der Waals surface area contributed by atoms with Crippen molar-refractivity contribution in [3.63, 3.8) is 0 Å². The molecule has 0 aliphatic carbocycles. The molecule has 0 aliphatic heterocycles. The van der Waals surface area contributed by atoms with Gasteiger partial charge in [-0.2, -0.15) is 0 Å². The minimum Gasteiger partial charge on any atom is -0.497 e. The molecular weight excluding hydrogens is 320 g/mol. The first-order valence-corrected chi connectivity index (χ1v) is 7.95. The number of ether oxygens (including phenoxy) is 2. The molecule has 0 saturated heterocycles. The highest BCUT2D eigenvalue weighted by Crippen LogP contribution is 2.22. The molecule has 0 radical (unpaired) electrons. The van der Waals surface area contributed by atoms with E-state index < -0.39 is 0 Å². The van der Waals surface area contributed by atoms with Crippen LogP contribution >= 0.6 is 0 Å². The predicted molar refractivity (Wildman–Crippen MR) is 96.3 cm³/mol. The first kappa shape index (κ1) is 18.3. The number of amides is 2. The van der Waals surface area contributed by atoms with Gasteiger partial charge in [0.15, 0.2) is 0 Å². The van der Waals surface area contributed by atoms with Gasteiger partial charge < -0.3 is 20.1 Å². The third kappa shape index (κ3) is 5.24. The number of benzene rings is 2. The van der Waals surface area contributed by atoms with E-state index in [0.717, 1.165) is 6.42 Å². The maximum Gasteiger partial charge on any atom is 0.251 e. The number of hydrogen-bond acceptors (Lipinski definition) is 4. The molecule has 0 fully saturated rings. The Morgan fingerprint density at radius 3 is 2.08 bits per heavy atom. The summed E-state index contributed by atoms with van der Waals surface area (Å²) in [5.74, 6) is 0.330. The van der Waals surface area contributed by atoms with Crippen LogP contribution < -0.4 is 20.1 Å². The molecule has 0 bridgehead atoms. The van der Waals surface area contributed by atoms with Gasteiger partial charge in [-0.1, -0.05) is 19.1 Å². The number of anilines is 1. The zero-order chi connectivity index (χ0) is 18.2. The van der Waals surface area contributed by atoms with Gasteiger partial charge >= 0.3 is 0 Å². The van der Waals surface area contributed by atoms with Crippen molar-refractivity contribution in [3.05, 3.63) is 53.6 Å². The Kier molecular flexibility index (Phi) is 6.39. The van der Waals surface area contributed by atoms with Crippen LogP contribution in [0.5, 0.6) is 11.5 Å². The van der Waals surface area contributed by atoms with Gasteiger partial charge in [0.2, 0.25) is 5.91 Å². The first-order chi connectivity index (χ1) is 12.0. The monoisotopic (exact) mass is 342 g/mol. The Balaban J connectivity index is 1.93. The average molecular weight is 342 g/mol. The van der Waals surface area contributed by atoms with E-state index in [1.54, 1.807) is 18.2 Å². The van der Waals surface area contributed by atoms with E-state index >= 15 is 0 Å². The van der Waals surface area contributed by atoms with E-state index in [4.69, 9.17) is 9.47 Å². The number of nitrogens with one attached hydrogen (secondary N) is 2. The fourth-order valence-electron chi connectivity index (χ4n) is 2.23. The topological polar surface area (TPSA) is 76.7 Å². The lowest BCUT2D eigenvalue weighted by Crippen LogP contribution is -2.32. The molecule has 0 spiro atoms. The molecule has 2 rings (SSSR count). The van der Waals surface area contributed by atoms with E-state index in [2.05, 4.69) is 17.6 Å². The smallest absolute Gasteiger partial charge is 0.251 e. The fourth-order valence-corrected chi connectivity index (χ4v) is 2.23. The fraction of sp³-hybridized carbons (Fsp3) is 0.263. The largest absolute Gasteiger partial charge is 0.497 e. The lowest BCUT2D eigenvalue weighted by Gasteiger charge is -2.10. The molecular formula is C19H22N2O4. The van der Waals surface area contributed by atoms with E-state index in [-0.39, 0.29) is 18.4 Å². The van der Waals surface area contributed by atoms with Crippen LogP contribution in [-0.4, -0.2) is 32.6 Å². The normalized spacial score (nSPS) is 10.0. The van der Waals surface area contributed by atoms with Gasteiger partial charge in [-0.15, -0.1) is 0 Å². The van der Waals surface area contributed by atoms with E-state index in [1.807, 2.05) is 24.3 Å². The van der Waals surface area contributed by atoms with Crippen LogP contribution in [0.4, 0.5) is 5.69 Å². The van der Waals surface area contributed by atoms with Crippen LogP contribution in [0.3, 0.4) is 0 Å². The Bertz CT molecular complexity index is 719. The van der Waals surface area contributed by atoms with Crippen LogP contribution in [0.1, 0.15) is 22.8 Å². The highest BCUT2D eigenvalue weighted by Gasteiger charge is 2.11. The van der Waals surface area contributed by atoms with Gasteiger partial charge in [0.25, 0.3) is 5.91 Å². The Hall–Kier alpha value is -3.02. The SMILES string of the molecule is CCc1ccc(NC(=O)CNC(=O)c2cc(OC)cc(OC)c2)cc1. The van der Waals surface area contributed by atoms with E-state index in [0.29, 0.717) is 22.7 Å². The zero-order valence-electron chi connectivity index (χ0n) is 14.6. The molecule has 0 saturated carbocycles. The summed E-state index contributed by atoms with van der Waals surface area (Å²) < 4.78 is 10.3. The Morgan fingerprint density at radius 2 is 1.56 bits per heavy atom. The molecule has 0 aromatic heterocycles. The Labute approximate surface area is 147 Å². The summed E-state index contributed by atoms with van der Waals surface area (Å²) in [6.07, 6.45) is 0.939. The number of aryl methyl sites for hydroxylation is 1. The quantitative estimate of drug-likeness (QED) is 0.811. The molecule has 0 aliphatic rings. The van der Waals surface area contributed by atoms with Crippen molar-refractivity contribution in [2.24, 2.45) is 0 Å². The van der Waals surface area contributed by atoms with Crippen molar-refractivity contribution in [2.75, 3.05) is 26.1 Å². The maximum absolute atomic E-state index is 12.2. The Morgan fingerprint density at radius 1 is 0.960 bits per heavy atom. The molecule has 2 N–H and O–H groups in total. The van der Waals surface area contributed by atoms with Gasteiger partial charge in [-0.05, 0) is 36.2 Å². The molecule has 6 nitrogen and oxygen atoms in total. The van der Waals surface area contributed by atoms with Gasteiger partial charge in [0, 0.05) is 17.3 Å². The van der Waals surface area contributed by atoms with Crippen molar-refractivity contribution >= 4 is 17.5 Å². The van der Waals surface area contributed by atoms with Crippen molar-refractivity contribution in [3.8, 4) is 11.5 Å². The summed E-state index contributed by atoms with van der Waals surface area (Å²) in [6, 6.07) is 12.4. The second-order valence-electron chi connectivity index (χ2n) is 5.38. The molecule has 0 unspecified atom stereocenters. The number of methoxy groups -OCH3 is 2. The summed E-state index contributed by atoms with van der Waals surface area (Å²) in [4.78, 5) is 24.2. The van der Waals surface area contributed by atoms with Crippen LogP contribution in [0.2, 0.25) is 0 Å². The van der Waals surface area contributed by atoms with Crippen molar-refractivity contribution in [1.29, 1.82) is 0 Å². The van der Waals surface area contributed by atoms with Crippen molar-refractivity contribution in [2.45, 2.75) is 13.3 Å². The molecule has 2 amide bonds. The number of hydrogen-bond donors (Lipinski definition) is 2. The molecule has 0 atom stereocenters. The molecule has 2 aromatic rings. The second-order valence-corrected chi connectivity index (χ2v) is 5.38.